The zero-order chi connectivity index (χ0) is 16.3. The first-order valence-corrected chi connectivity index (χ1v) is 6.86. The maximum atomic E-state index is 12.3. The van der Waals surface area contributed by atoms with Gasteiger partial charge in [0, 0.05) is 5.69 Å². The number of carbonyl (C=O) groups is 2. The molecule has 2 N–H and O–H groups in total. The predicted octanol–water partition coefficient (Wildman–Crippen LogP) is 3.74. The molecule has 0 aliphatic carbocycles. The van der Waals surface area contributed by atoms with Crippen LogP contribution in [0.15, 0.2) is 36.4 Å². The molecule has 22 heavy (non-hydrogen) atoms. The van der Waals surface area contributed by atoms with Crippen LogP contribution in [0.1, 0.15) is 20.7 Å². The van der Waals surface area contributed by atoms with E-state index in [2.05, 4.69) is 10.1 Å². The number of esters is 1. The average molecular weight is 340 g/mol. The Bertz CT molecular complexity index is 723. The van der Waals surface area contributed by atoms with Crippen molar-refractivity contribution in [3.05, 3.63) is 57.6 Å². The molecule has 0 radical (unpaired) electrons. The number of phenols is 1. The van der Waals surface area contributed by atoms with Crippen LogP contribution in [0.2, 0.25) is 10.0 Å². The number of anilines is 1. The lowest BCUT2D eigenvalue weighted by atomic mass is 10.1. The summed E-state index contributed by atoms with van der Waals surface area (Å²) in [5.74, 6) is -1.41. The third kappa shape index (κ3) is 3.32. The highest BCUT2D eigenvalue weighted by atomic mass is 35.5. The van der Waals surface area contributed by atoms with Gasteiger partial charge < -0.3 is 15.2 Å². The minimum atomic E-state index is -0.618. The molecule has 0 saturated heterocycles. The molecule has 0 unspecified atom stereocenters. The number of hydrogen-bond acceptors (Lipinski definition) is 4. The topological polar surface area (TPSA) is 75.6 Å². The van der Waals surface area contributed by atoms with Crippen molar-refractivity contribution in [3.63, 3.8) is 0 Å². The van der Waals surface area contributed by atoms with Crippen molar-refractivity contribution in [1.82, 2.24) is 0 Å². The van der Waals surface area contributed by atoms with Gasteiger partial charge in [0.2, 0.25) is 0 Å². The highest BCUT2D eigenvalue weighted by Gasteiger charge is 2.17. The van der Waals surface area contributed by atoms with Crippen molar-refractivity contribution in [2.45, 2.75) is 0 Å². The SMILES string of the molecule is COC(=O)c1ccccc1C(=O)Nc1cc(Cl)c(O)c(Cl)c1. The number of aromatic hydroxyl groups is 1. The van der Waals surface area contributed by atoms with E-state index in [0.29, 0.717) is 0 Å². The predicted molar refractivity (Wildman–Crippen MR) is 83.9 cm³/mol. The van der Waals surface area contributed by atoms with Gasteiger partial charge in [-0.2, -0.15) is 0 Å². The van der Waals surface area contributed by atoms with Crippen LogP contribution in [-0.2, 0) is 4.74 Å². The van der Waals surface area contributed by atoms with Crippen molar-refractivity contribution in [3.8, 4) is 5.75 Å². The Hall–Kier alpha value is -2.24. The minimum absolute atomic E-state index is 0.00375. The second-order valence-corrected chi connectivity index (χ2v) is 5.09. The van der Waals surface area contributed by atoms with Gasteiger partial charge in [-0.3, -0.25) is 4.79 Å². The zero-order valence-electron chi connectivity index (χ0n) is 11.4. The molecule has 0 aliphatic rings. The number of methoxy groups -OCH3 is 1. The van der Waals surface area contributed by atoms with Crippen LogP contribution in [0.3, 0.4) is 0 Å². The summed E-state index contributed by atoms with van der Waals surface area (Å²) < 4.78 is 4.64. The number of nitrogens with one attached hydrogen (secondary N) is 1. The first-order chi connectivity index (χ1) is 10.4. The first kappa shape index (κ1) is 16.1. The summed E-state index contributed by atoms with van der Waals surface area (Å²) in [4.78, 5) is 24.0. The molecule has 2 aromatic carbocycles. The smallest absolute Gasteiger partial charge is 0.338 e. The Morgan fingerprint density at radius 3 is 2.18 bits per heavy atom. The van der Waals surface area contributed by atoms with Gasteiger partial charge in [-0.25, -0.2) is 4.79 Å². The molecule has 0 bridgehead atoms. The van der Waals surface area contributed by atoms with Crippen LogP contribution in [0.25, 0.3) is 0 Å². The zero-order valence-corrected chi connectivity index (χ0v) is 12.9. The van der Waals surface area contributed by atoms with Gasteiger partial charge in [-0.15, -0.1) is 0 Å². The van der Waals surface area contributed by atoms with Crippen molar-refractivity contribution in [1.29, 1.82) is 0 Å². The molecule has 0 saturated carbocycles. The van der Waals surface area contributed by atoms with E-state index in [4.69, 9.17) is 23.2 Å². The number of carbonyl (C=O) groups excluding carboxylic acids is 2. The Labute approximate surface area is 136 Å². The van der Waals surface area contributed by atoms with E-state index in [0.717, 1.165) is 0 Å². The third-order valence-corrected chi connectivity index (χ3v) is 3.43. The number of benzene rings is 2. The number of amides is 1. The molecule has 1 amide bonds. The van der Waals surface area contributed by atoms with E-state index < -0.39 is 11.9 Å². The summed E-state index contributed by atoms with van der Waals surface area (Å²) in [7, 11) is 1.23. The maximum absolute atomic E-state index is 12.3. The third-order valence-electron chi connectivity index (χ3n) is 2.85. The number of halogens is 2. The van der Waals surface area contributed by atoms with Crippen molar-refractivity contribution in [2.24, 2.45) is 0 Å². The average Bonchev–Trinajstić information content (AvgIpc) is 2.51. The summed E-state index contributed by atoms with van der Waals surface area (Å²) in [6, 6.07) is 8.92. The number of phenolic OH excluding ortho intramolecular Hbond substituents is 1. The van der Waals surface area contributed by atoms with Crippen LogP contribution in [0, 0.1) is 0 Å². The van der Waals surface area contributed by atoms with Crippen molar-refractivity contribution in [2.75, 3.05) is 12.4 Å². The molecule has 0 fully saturated rings. The molecule has 0 aromatic heterocycles. The van der Waals surface area contributed by atoms with Crippen LogP contribution in [0.4, 0.5) is 5.69 Å². The lowest BCUT2D eigenvalue weighted by Crippen LogP contribution is -2.17. The Kier molecular flexibility index (Phi) is 4.90. The summed E-state index contributed by atoms with van der Waals surface area (Å²) >= 11 is 11.6. The Morgan fingerprint density at radius 1 is 1.09 bits per heavy atom. The molecular formula is C15H11Cl2NO4. The van der Waals surface area contributed by atoms with Gasteiger partial charge in [0.15, 0.2) is 5.75 Å². The van der Waals surface area contributed by atoms with Gasteiger partial charge in [0.25, 0.3) is 5.91 Å². The van der Waals surface area contributed by atoms with Crippen molar-refractivity contribution >= 4 is 40.8 Å². The van der Waals surface area contributed by atoms with E-state index in [9.17, 15) is 14.7 Å². The Morgan fingerprint density at radius 2 is 1.64 bits per heavy atom. The van der Waals surface area contributed by atoms with E-state index in [-0.39, 0.29) is 32.6 Å². The van der Waals surface area contributed by atoms with E-state index in [1.807, 2.05) is 0 Å². The molecule has 0 heterocycles. The van der Waals surface area contributed by atoms with Gasteiger partial charge in [-0.05, 0) is 24.3 Å². The molecule has 5 nitrogen and oxygen atoms in total. The summed E-state index contributed by atoms with van der Waals surface area (Å²) in [5, 5.41) is 12.1. The number of hydrogen-bond donors (Lipinski definition) is 2. The van der Waals surface area contributed by atoms with E-state index >= 15 is 0 Å². The van der Waals surface area contributed by atoms with Gasteiger partial charge >= 0.3 is 5.97 Å². The number of ether oxygens (including phenoxy) is 1. The first-order valence-electron chi connectivity index (χ1n) is 6.10. The lowest BCUT2D eigenvalue weighted by molar-refractivity contribution is 0.0597. The van der Waals surface area contributed by atoms with Crippen LogP contribution in [0.5, 0.6) is 5.75 Å². The molecule has 7 heteroatoms. The van der Waals surface area contributed by atoms with Gasteiger partial charge in [0.05, 0.1) is 28.3 Å². The van der Waals surface area contributed by atoms with E-state index in [1.165, 1.54) is 31.4 Å². The van der Waals surface area contributed by atoms with Gasteiger partial charge in [-0.1, -0.05) is 35.3 Å². The lowest BCUT2D eigenvalue weighted by Gasteiger charge is -2.10. The van der Waals surface area contributed by atoms with E-state index in [1.54, 1.807) is 12.1 Å². The van der Waals surface area contributed by atoms with Crippen LogP contribution in [-0.4, -0.2) is 24.1 Å². The summed E-state index contributed by atoms with van der Waals surface area (Å²) in [6.45, 7) is 0. The maximum Gasteiger partial charge on any atom is 0.338 e. The standard InChI is InChI=1S/C15H11Cl2NO4/c1-22-15(21)10-5-3-2-4-9(10)14(20)18-8-6-11(16)13(19)12(17)7-8/h2-7,19H,1H3,(H,18,20). The molecule has 114 valence electrons. The second-order valence-electron chi connectivity index (χ2n) is 4.28. The fourth-order valence-corrected chi connectivity index (χ4v) is 2.29. The molecule has 0 aliphatic heterocycles. The van der Waals surface area contributed by atoms with Crippen LogP contribution >= 0.6 is 23.2 Å². The molecule has 0 spiro atoms. The normalized spacial score (nSPS) is 10.1. The Balaban J connectivity index is 2.32. The van der Waals surface area contributed by atoms with Gasteiger partial charge in [0.1, 0.15) is 0 Å². The fourth-order valence-electron chi connectivity index (χ4n) is 1.81. The molecule has 0 atom stereocenters. The van der Waals surface area contributed by atoms with Crippen molar-refractivity contribution < 1.29 is 19.4 Å². The number of rotatable bonds is 3. The van der Waals surface area contributed by atoms with Crippen LogP contribution < -0.4 is 5.32 Å². The monoisotopic (exact) mass is 339 g/mol. The molecule has 2 aromatic rings. The highest BCUT2D eigenvalue weighted by Crippen LogP contribution is 2.34. The molecule has 2 rings (SSSR count). The quantitative estimate of drug-likeness (QED) is 0.659. The summed E-state index contributed by atoms with van der Waals surface area (Å²) in [5.41, 5.74) is 0.575. The fraction of sp³-hybridized carbons (Fsp3) is 0.0667. The molecular weight excluding hydrogens is 329 g/mol. The second kappa shape index (κ2) is 6.68. The minimum Gasteiger partial charge on any atom is -0.505 e. The summed E-state index contributed by atoms with van der Waals surface area (Å²) in [6.07, 6.45) is 0. The largest absolute Gasteiger partial charge is 0.505 e. The highest BCUT2D eigenvalue weighted by molar-refractivity contribution is 6.37.